The van der Waals surface area contributed by atoms with E-state index in [1.165, 1.54) is 26.4 Å². The molecule has 0 N–H and O–H groups in total. The predicted octanol–water partition coefficient (Wildman–Crippen LogP) is 4.94. The van der Waals surface area contributed by atoms with E-state index in [1.807, 2.05) is 13.0 Å². The van der Waals surface area contributed by atoms with E-state index >= 15 is 0 Å². The van der Waals surface area contributed by atoms with Gasteiger partial charge in [-0.3, -0.25) is 0 Å². The zero-order valence-electron chi connectivity index (χ0n) is 18.7. The van der Waals surface area contributed by atoms with E-state index in [4.69, 9.17) is 9.47 Å². The number of hydrogen-bond acceptors (Lipinski definition) is 6. The molecule has 0 spiro atoms. The largest absolute Gasteiger partial charge is 0.573 e. The van der Waals surface area contributed by atoms with E-state index in [9.17, 15) is 13.2 Å². The van der Waals surface area contributed by atoms with Crippen molar-refractivity contribution >= 4 is 24.0 Å². The van der Waals surface area contributed by atoms with Crippen LogP contribution < -0.4 is 4.74 Å². The van der Waals surface area contributed by atoms with Crippen LogP contribution in [0.15, 0.2) is 58.6 Å². The molecule has 2 heterocycles. The second-order valence-electron chi connectivity index (χ2n) is 7.64. The molecule has 11 heteroatoms. The monoisotopic (exact) mass is 473 g/mol. The van der Waals surface area contributed by atoms with Crippen LogP contribution in [0, 0.1) is 0 Å². The van der Waals surface area contributed by atoms with Crippen molar-refractivity contribution in [1.29, 1.82) is 0 Å². The maximum Gasteiger partial charge on any atom is 0.573 e. The molecule has 1 aliphatic rings. The van der Waals surface area contributed by atoms with Crippen molar-refractivity contribution in [2.75, 3.05) is 14.2 Å². The van der Waals surface area contributed by atoms with Gasteiger partial charge in [-0.25, -0.2) is 14.5 Å². The van der Waals surface area contributed by atoms with Crippen LogP contribution in [0.1, 0.15) is 42.0 Å². The normalized spacial score (nSPS) is 18.9. The second kappa shape index (κ2) is 9.16. The first kappa shape index (κ1) is 23.3. The van der Waals surface area contributed by atoms with E-state index in [0.717, 1.165) is 17.5 Å². The minimum absolute atomic E-state index is 0.0559. The molecule has 0 saturated heterocycles. The lowest BCUT2D eigenvalue weighted by Gasteiger charge is -2.11. The minimum Gasteiger partial charge on any atom is -0.481 e. The zero-order valence-corrected chi connectivity index (χ0v) is 18.7. The molecule has 2 atom stereocenters. The Morgan fingerprint density at radius 2 is 1.88 bits per heavy atom. The minimum atomic E-state index is -4.72. The van der Waals surface area contributed by atoms with Gasteiger partial charge in [-0.05, 0) is 55.7 Å². The van der Waals surface area contributed by atoms with Crippen molar-refractivity contribution in [3.63, 3.8) is 0 Å². The molecule has 3 aromatic rings. The van der Waals surface area contributed by atoms with Crippen LogP contribution in [0.5, 0.6) is 5.75 Å². The van der Waals surface area contributed by atoms with Gasteiger partial charge < -0.3 is 14.2 Å². The van der Waals surface area contributed by atoms with Gasteiger partial charge in [-0.15, -0.1) is 13.2 Å². The first-order valence-electron chi connectivity index (χ1n) is 10.3. The van der Waals surface area contributed by atoms with Crippen LogP contribution >= 0.6 is 0 Å². The highest BCUT2D eigenvalue weighted by molar-refractivity contribution is 5.80. The number of ether oxygens (including phenoxy) is 3. The molecule has 2 aromatic heterocycles. The summed E-state index contributed by atoms with van der Waals surface area (Å²) >= 11 is 0. The highest BCUT2D eigenvalue weighted by Gasteiger charge is 2.41. The van der Waals surface area contributed by atoms with E-state index in [2.05, 4.69) is 31.5 Å². The van der Waals surface area contributed by atoms with E-state index < -0.39 is 6.36 Å². The zero-order chi connectivity index (χ0) is 24.5. The third-order valence-corrected chi connectivity index (χ3v) is 5.53. The molecule has 1 fully saturated rings. The highest BCUT2D eigenvalue weighted by Crippen LogP contribution is 2.55. The van der Waals surface area contributed by atoms with Crippen molar-refractivity contribution in [3.05, 3.63) is 65.4 Å². The number of nitrogens with zero attached hydrogens (tertiary/aromatic N) is 5. The number of rotatable bonds is 6. The lowest BCUT2D eigenvalue weighted by Crippen LogP contribution is -2.17. The summed E-state index contributed by atoms with van der Waals surface area (Å²) in [5, 5.41) is 4.61. The molecule has 0 aliphatic heterocycles. The lowest BCUT2D eigenvalue weighted by molar-refractivity contribution is -0.274. The third-order valence-electron chi connectivity index (χ3n) is 5.53. The summed E-state index contributed by atoms with van der Waals surface area (Å²) < 4.78 is 53.4. The number of imidazole rings is 1. The van der Waals surface area contributed by atoms with Crippen LogP contribution in [0.25, 0.3) is 11.2 Å². The Bertz CT molecular complexity index is 1270. The molecule has 1 saturated carbocycles. The van der Waals surface area contributed by atoms with E-state index in [1.54, 1.807) is 29.0 Å². The molecule has 0 radical (unpaired) electrons. The van der Waals surface area contributed by atoms with Crippen molar-refractivity contribution < 1.29 is 27.4 Å². The summed E-state index contributed by atoms with van der Waals surface area (Å²) in [4.78, 5) is 12.4. The number of amidine groups is 1. The third kappa shape index (κ3) is 4.87. The first-order valence-corrected chi connectivity index (χ1v) is 10.3. The van der Waals surface area contributed by atoms with Crippen molar-refractivity contribution in [1.82, 2.24) is 14.6 Å². The van der Waals surface area contributed by atoms with Gasteiger partial charge in [0.15, 0.2) is 5.65 Å². The molecule has 0 bridgehead atoms. The Morgan fingerprint density at radius 3 is 2.50 bits per heavy atom. The SMILES string of the molecule is C=N/C(=N\C(OC)=C(/C)c1cc([C@H]2C[C@@H]2c2ccc(OC(F)(F)F)cc2)c2nccn2n1)OC. The van der Waals surface area contributed by atoms with Crippen LogP contribution in [0.3, 0.4) is 0 Å². The maximum absolute atomic E-state index is 12.4. The van der Waals surface area contributed by atoms with E-state index in [-0.39, 0.29) is 29.5 Å². The van der Waals surface area contributed by atoms with Gasteiger partial charge in [0, 0.05) is 23.5 Å². The van der Waals surface area contributed by atoms with Crippen LogP contribution in [0.4, 0.5) is 13.2 Å². The fraction of sp³-hybridized carbons (Fsp3) is 0.304. The number of fused-ring (bicyclic) bond motifs is 1. The summed E-state index contributed by atoms with van der Waals surface area (Å²) in [6.45, 7) is 5.23. The van der Waals surface area contributed by atoms with Gasteiger partial charge in [0.2, 0.25) is 5.88 Å². The topological polar surface area (TPSA) is 82.6 Å². The molecular formula is C23H22F3N5O3. The molecule has 0 amide bonds. The molecule has 1 aliphatic carbocycles. The average molecular weight is 473 g/mol. The Kier molecular flexibility index (Phi) is 6.27. The number of allylic oxidation sites excluding steroid dienone is 1. The Balaban J connectivity index is 1.66. The number of alkyl halides is 3. The summed E-state index contributed by atoms with van der Waals surface area (Å²) in [5.41, 5.74) is 3.90. The van der Waals surface area contributed by atoms with Gasteiger partial charge in [0.05, 0.1) is 19.9 Å². The summed E-state index contributed by atoms with van der Waals surface area (Å²) in [7, 11) is 2.91. The van der Waals surface area contributed by atoms with Gasteiger partial charge in [0.25, 0.3) is 0 Å². The van der Waals surface area contributed by atoms with Crippen LogP contribution in [-0.4, -0.2) is 47.9 Å². The number of aliphatic imine (C=N–C) groups is 2. The summed E-state index contributed by atoms with van der Waals surface area (Å²) in [6.07, 6.45) is -0.476. The van der Waals surface area contributed by atoms with Gasteiger partial charge >= 0.3 is 12.4 Å². The predicted molar refractivity (Wildman–Crippen MR) is 120 cm³/mol. The van der Waals surface area contributed by atoms with Crippen molar-refractivity contribution in [2.45, 2.75) is 31.5 Å². The molecule has 178 valence electrons. The second-order valence-corrected chi connectivity index (χ2v) is 7.64. The quantitative estimate of drug-likeness (QED) is 0.288. The van der Waals surface area contributed by atoms with Crippen LogP contribution in [-0.2, 0) is 9.47 Å². The maximum atomic E-state index is 12.4. The molecule has 0 unspecified atom stereocenters. The van der Waals surface area contributed by atoms with Crippen molar-refractivity contribution in [3.8, 4) is 5.75 Å². The number of halogens is 3. The molecule has 4 rings (SSSR count). The number of hydrogen-bond donors (Lipinski definition) is 0. The molecule has 8 nitrogen and oxygen atoms in total. The standard InChI is InChI=1S/C23H22F3N5O3/c1-13(21(32-3)29-22(27-2)33-4)19-12-18(20-28-9-10-31(20)30-19)17-11-16(17)14-5-7-15(8-6-14)34-23(24,25)26/h5-10,12,16-17H,2,11H2,1,3-4H3/b21-13-,29-22+/t16-,17+/m1/s1. The molecule has 1 aromatic carbocycles. The fourth-order valence-corrected chi connectivity index (χ4v) is 3.85. The highest BCUT2D eigenvalue weighted by atomic mass is 19.4. The Morgan fingerprint density at radius 1 is 1.15 bits per heavy atom. The van der Waals surface area contributed by atoms with Crippen LogP contribution in [0.2, 0.25) is 0 Å². The van der Waals surface area contributed by atoms with E-state index in [0.29, 0.717) is 16.9 Å². The Hall–Kier alpha value is -3.89. The summed E-state index contributed by atoms with van der Waals surface area (Å²) in [5.74, 6) is 0.306. The molecule has 34 heavy (non-hydrogen) atoms. The molecular weight excluding hydrogens is 451 g/mol. The first-order chi connectivity index (χ1) is 16.2. The Labute approximate surface area is 193 Å². The lowest BCUT2D eigenvalue weighted by atomic mass is 10.0. The van der Waals surface area contributed by atoms with Gasteiger partial charge in [0.1, 0.15) is 5.75 Å². The fourth-order valence-electron chi connectivity index (χ4n) is 3.85. The van der Waals surface area contributed by atoms with Crippen molar-refractivity contribution in [2.24, 2.45) is 9.98 Å². The smallest absolute Gasteiger partial charge is 0.481 e. The number of methoxy groups -OCH3 is 2. The van der Waals surface area contributed by atoms with Gasteiger partial charge in [-0.1, -0.05) is 12.1 Å². The number of benzene rings is 1. The number of aromatic nitrogens is 3. The van der Waals surface area contributed by atoms with Gasteiger partial charge in [-0.2, -0.15) is 10.1 Å². The average Bonchev–Trinajstić information content (AvgIpc) is 3.46. The summed E-state index contributed by atoms with van der Waals surface area (Å²) in [6, 6.07) is 7.98.